The van der Waals surface area contributed by atoms with Crippen LogP contribution >= 0.6 is 23.7 Å². The minimum Gasteiger partial charge on any atom is -0.299 e. The zero-order valence-electron chi connectivity index (χ0n) is 13.0. The maximum Gasteiger partial charge on any atom is 0.102 e. The lowest BCUT2D eigenvalue weighted by Crippen LogP contribution is -2.21. The summed E-state index contributed by atoms with van der Waals surface area (Å²) in [6, 6.07) is 16.0. The molecule has 0 aliphatic carbocycles. The molecule has 116 valence electrons. The van der Waals surface area contributed by atoms with Crippen molar-refractivity contribution in [2.24, 2.45) is 4.99 Å². The Labute approximate surface area is 141 Å². The molecular formula is C17H20ClN3S. The molecule has 2 aromatic carbocycles. The summed E-state index contributed by atoms with van der Waals surface area (Å²) in [6.45, 7) is 5.05. The quantitative estimate of drug-likeness (QED) is 0.404. The molecule has 0 spiro atoms. The highest BCUT2D eigenvalue weighted by Crippen LogP contribution is 2.25. The van der Waals surface area contributed by atoms with E-state index in [-0.39, 0.29) is 0 Å². The van der Waals surface area contributed by atoms with E-state index in [0.29, 0.717) is 0 Å². The van der Waals surface area contributed by atoms with Gasteiger partial charge in [0.1, 0.15) is 6.34 Å². The van der Waals surface area contributed by atoms with E-state index in [2.05, 4.69) is 28.4 Å². The van der Waals surface area contributed by atoms with E-state index in [1.165, 1.54) is 5.69 Å². The van der Waals surface area contributed by atoms with E-state index in [0.717, 1.165) is 22.8 Å². The van der Waals surface area contributed by atoms with Crippen LogP contribution in [-0.2, 0) is 0 Å². The second kappa shape index (κ2) is 8.11. The number of nitrogens with zero attached hydrogens (tertiary/aromatic N) is 3. The number of hydrogen-bond acceptors (Lipinski definition) is 3. The van der Waals surface area contributed by atoms with Gasteiger partial charge in [-0.25, -0.2) is 4.99 Å². The van der Waals surface area contributed by atoms with Gasteiger partial charge in [0.2, 0.25) is 0 Å². The van der Waals surface area contributed by atoms with Gasteiger partial charge in [-0.15, -0.1) is 0 Å². The second-order valence-electron chi connectivity index (χ2n) is 4.83. The first-order chi connectivity index (χ1) is 10.6. The van der Waals surface area contributed by atoms with Gasteiger partial charge in [-0.1, -0.05) is 29.8 Å². The van der Waals surface area contributed by atoms with E-state index < -0.39 is 0 Å². The molecule has 0 bridgehead atoms. The van der Waals surface area contributed by atoms with Crippen LogP contribution in [0, 0.1) is 6.92 Å². The molecule has 5 heteroatoms. The normalized spacial score (nSPS) is 10.9. The molecule has 0 aliphatic rings. The zero-order valence-corrected chi connectivity index (χ0v) is 14.6. The summed E-state index contributed by atoms with van der Waals surface area (Å²) in [7, 11) is 1.99. The average molecular weight is 334 g/mol. The van der Waals surface area contributed by atoms with Gasteiger partial charge in [0, 0.05) is 24.3 Å². The van der Waals surface area contributed by atoms with Gasteiger partial charge in [0.25, 0.3) is 0 Å². The predicted molar refractivity (Wildman–Crippen MR) is 99.2 cm³/mol. The molecular weight excluding hydrogens is 314 g/mol. The number of hydrogen-bond donors (Lipinski definition) is 0. The Kier molecular flexibility index (Phi) is 6.16. The van der Waals surface area contributed by atoms with E-state index in [9.17, 15) is 0 Å². The van der Waals surface area contributed by atoms with Crippen LogP contribution in [0.5, 0.6) is 0 Å². The number of anilines is 1. The van der Waals surface area contributed by atoms with Gasteiger partial charge >= 0.3 is 0 Å². The van der Waals surface area contributed by atoms with Crippen molar-refractivity contribution in [3.63, 3.8) is 0 Å². The van der Waals surface area contributed by atoms with Crippen molar-refractivity contribution in [1.82, 2.24) is 4.31 Å². The van der Waals surface area contributed by atoms with Crippen molar-refractivity contribution in [3.8, 4) is 0 Å². The van der Waals surface area contributed by atoms with Gasteiger partial charge in [0.15, 0.2) is 0 Å². The minimum absolute atomic E-state index is 0.736. The Balaban J connectivity index is 2.02. The number of benzene rings is 2. The van der Waals surface area contributed by atoms with Crippen molar-refractivity contribution in [3.05, 3.63) is 59.1 Å². The van der Waals surface area contributed by atoms with E-state index in [1.807, 2.05) is 61.0 Å². The summed E-state index contributed by atoms with van der Waals surface area (Å²) in [5.74, 6) is 0. The average Bonchev–Trinajstić information content (AvgIpc) is 2.52. The first-order valence-corrected chi connectivity index (χ1v) is 8.25. The summed E-state index contributed by atoms with van der Waals surface area (Å²) >= 11 is 7.58. The highest BCUT2D eigenvalue weighted by molar-refractivity contribution is 7.98. The topological polar surface area (TPSA) is 18.8 Å². The molecule has 0 saturated carbocycles. The van der Waals surface area contributed by atoms with Crippen LogP contribution in [0.15, 0.2) is 53.5 Å². The molecule has 0 fully saturated rings. The van der Waals surface area contributed by atoms with Crippen molar-refractivity contribution in [1.29, 1.82) is 0 Å². The number of aryl methyl sites for hydroxylation is 1. The molecule has 0 heterocycles. The van der Waals surface area contributed by atoms with Gasteiger partial charge in [-0.2, -0.15) is 0 Å². The largest absolute Gasteiger partial charge is 0.299 e. The van der Waals surface area contributed by atoms with E-state index in [4.69, 9.17) is 11.6 Å². The fourth-order valence-electron chi connectivity index (χ4n) is 1.97. The highest BCUT2D eigenvalue weighted by atomic mass is 35.5. The minimum atomic E-state index is 0.736. The molecule has 0 unspecified atom stereocenters. The molecule has 0 aromatic heterocycles. The molecule has 0 atom stereocenters. The third-order valence-corrected chi connectivity index (χ3v) is 4.33. The van der Waals surface area contributed by atoms with Crippen LogP contribution < -0.4 is 4.31 Å². The van der Waals surface area contributed by atoms with Crippen LogP contribution in [-0.4, -0.2) is 24.2 Å². The molecule has 0 radical (unpaired) electrons. The molecule has 2 rings (SSSR count). The van der Waals surface area contributed by atoms with Crippen molar-refractivity contribution in [2.45, 2.75) is 13.8 Å². The number of rotatable bonds is 6. The number of aliphatic imine (C=N–C) groups is 1. The lowest BCUT2D eigenvalue weighted by Gasteiger charge is -2.25. The standard InChI is InChI=1S/C17H20ClN3S/c1-4-21(16-8-6-5-7-9-16)22-20(3)13-19-17-11-10-15(18)12-14(17)2/h5-13H,4H2,1-3H3. The Hall–Kier alpha value is -1.65. The van der Waals surface area contributed by atoms with Crippen molar-refractivity contribution < 1.29 is 0 Å². The van der Waals surface area contributed by atoms with Crippen molar-refractivity contribution in [2.75, 3.05) is 17.9 Å². The van der Waals surface area contributed by atoms with Gasteiger partial charge < -0.3 is 0 Å². The van der Waals surface area contributed by atoms with Crippen LogP contribution in [0.3, 0.4) is 0 Å². The summed E-state index contributed by atoms with van der Waals surface area (Å²) < 4.78 is 4.20. The van der Waals surface area contributed by atoms with Crippen LogP contribution in [0.25, 0.3) is 0 Å². The highest BCUT2D eigenvalue weighted by Gasteiger charge is 2.07. The maximum absolute atomic E-state index is 5.96. The molecule has 0 aliphatic heterocycles. The molecule has 3 nitrogen and oxygen atoms in total. The Morgan fingerprint density at radius 2 is 1.91 bits per heavy atom. The first-order valence-electron chi connectivity index (χ1n) is 7.14. The third kappa shape index (κ3) is 4.68. The molecule has 0 saturated heterocycles. The van der Waals surface area contributed by atoms with Crippen LogP contribution in [0.1, 0.15) is 12.5 Å². The monoisotopic (exact) mass is 333 g/mol. The van der Waals surface area contributed by atoms with E-state index in [1.54, 1.807) is 12.1 Å². The maximum atomic E-state index is 5.96. The second-order valence-corrected chi connectivity index (χ2v) is 6.45. The lowest BCUT2D eigenvalue weighted by atomic mass is 10.2. The third-order valence-electron chi connectivity index (χ3n) is 3.08. The van der Waals surface area contributed by atoms with Crippen LogP contribution in [0.2, 0.25) is 5.02 Å². The number of para-hydroxylation sites is 1. The molecule has 0 amide bonds. The van der Waals surface area contributed by atoms with Crippen LogP contribution in [0.4, 0.5) is 11.4 Å². The Morgan fingerprint density at radius 1 is 1.18 bits per heavy atom. The predicted octanol–water partition coefficient (Wildman–Crippen LogP) is 5.33. The number of halogens is 1. The summed E-state index contributed by atoms with van der Waals surface area (Å²) in [5.41, 5.74) is 3.18. The fraction of sp³-hybridized carbons (Fsp3) is 0.235. The van der Waals surface area contributed by atoms with Gasteiger partial charge in [-0.05, 0) is 49.7 Å². The molecule has 22 heavy (non-hydrogen) atoms. The van der Waals surface area contributed by atoms with Gasteiger partial charge in [-0.3, -0.25) is 8.61 Å². The Morgan fingerprint density at radius 3 is 2.55 bits per heavy atom. The zero-order chi connectivity index (χ0) is 15.9. The van der Waals surface area contributed by atoms with E-state index >= 15 is 0 Å². The lowest BCUT2D eigenvalue weighted by molar-refractivity contribution is 0.860. The first kappa shape index (κ1) is 16.7. The SMILES string of the molecule is CCN(SN(C)C=Nc1ccc(Cl)cc1C)c1ccccc1. The van der Waals surface area contributed by atoms with Gasteiger partial charge in [0.05, 0.1) is 17.8 Å². The smallest absolute Gasteiger partial charge is 0.102 e. The van der Waals surface area contributed by atoms with Crippen molar-refractivity contribution >= 4 is 41.4 Å². The Bertz CT molecular complexity index is 631. The summed E-state index contributed by atoms with van der Waals surface area (Å²) in [4.78, 5) is 4.52. The summed E-state index contributed by atoms with van der Waals surface area (Å²) in [6.07, 6.45) is 1.83. The summed E-state index contributed by atoms with van der Waals surface area (Å²) in [5, 5.41) is 0.736. The fourth-order valence-corrected chi connectivity index (χ4v) is 2.92. The molecule has 0 N–H and O–H groups in total. The molecule has 2 aromatic rings.